The molecule has 1 aromatic carbocycles. The second-order valence-electron chi connectivity index (χ2n) is 4.98. The van der Waals surface area contributed by atoms with E-state index in [-0.39, 0.29) is 30.0 Å². The number of aliphatic hydroxyl groups is 1. The molecule has 0 spiro atoms. The highest BCUT2D eigenvalue weighted by Crippen LogP contribution is 2.43. The zero-order valence-corrected chi connectivity index (χ0v) is 12.5. The quantitative estimate of drug-likeness (QED) is 0.862. The lowest BCUT2D eigenvalue weighted by atomic mass is 9.78. The zero-order chi connectivity index (χ0) is 14.3. The van der Waals surface area contributed by atoms with Crippen LogP contribution in [0.15, 0.2) is 22.7 Å². The number of sulfone groups is 1. The lowest BCUT2D eigenvalue weighted by molar-refractivity contribution is 0.0442. The van der Waals surface area contributed by atoms with Crippen LogP contribution in [0.3, 0.4) is 0 Å². The number of rotatable bonds is 3. The van der Waals surface area contributed by atoms with E-state index in [0.717, 1.165) is 0 Å². The molecule has 4 nitrogen and oxygen atoms in total. The van der Waals surface area contributed by atoms with Crippen molar-refractivity contribution in [2.24, 2.45) is 11.1 Å². The Morgan fingerprint density at radius 1 is 1.53 bits per heavy atom. The fraction of sp³-hybridized carbons (Fsp3) is 0.500. The van der Waals surface area contributed by atoms with Gasteiger partial charge in [0.1, 0.15) is 5.82 Å². The molecule has 1 heterocycles. The average Bonchev–Trinajstić information content (AvgIpc) is 2.68. The van der Waals surface area contributed by atoms with E-state index in [1.807, 2.05) is 0 Å². The highest BCUT2D eigenvalue weighted by molar-refractivity contribution is 9.10. The van der Waals surface area contributed by atoms with E-state index in [2.05, 4.69) is 15.9 Å². The summed E-state index contributed by atoms with van der Waals surface area (Å²) in [5.41, 5.74) is 4.74. The van der Waals surface area contributed by atoms with Gasteiger partial charge in [0.15, 0.2) is 9.84 Å². The third-order valence-corrected chi connectivity index (χ3v) is 5.99. The lowest BCUT2D eigenvalue weighted by Gasteiger charge is -2.32. The average molecular weight is 352 g/mol. The normalized spacial score (nSPS) is 27.4. The number of aliphatic hydroxyl groups excluding tert-OH is 1. The van der Waals surface area contributed by atoms with Crippen molar-refractivity contribution in [3.8, 4) is 0 Å². The minimum Gasteiger partial charge on any atom is -0.388 e. The molecule has 106 valence electrons. The first-order valence-corrected chi connectivity index (χ1v) is 8.45. The highest BCUT2D eigenvalue weighted by atomic mass is 79.9. The summed E-state index contributed by atoms with van der Waals surface area (Å²) in [6.07, 6.45) is -0.980. The number of halogens is 2. The molecule has 0 amide bonds. The van der Waals surface area contributed by atoms with E-state index in [0.29, 0.717) is 4.47 Å². The molecule has 1 fully saturated rings. The summed E-state index contributed by atoms with van der Waals surface area (Å²) in [4.78, 5) is 0. The van der Waals surface area contributed by atoms with Gasteiger partial charge in [0.2, 0.25) is 0 Å². The third-order valence-electron chi connectivity index (χ3n) is 3.66. The molecule has 1 aliphatic rings. The molecule has 19 heavy (non-hydrogen) atoms. The summed E-state index contributed by atoms with van der Waals surface area (Å²) >= 11 is 3.21. The van der Waals surface area contributed by atoms with Gasteiger partial charge in [-0.25, -0.2) is 12.8 Å². The zero-order valence-electron chi connectivity index (χ0n) is 10.1. The van der Waals surface area contributed by atoms with Crippen LogP contribution in [0.2, 0.25) is 0 Å². The van der Waals surface area contributed by atoms with E-state index < -0.39 is 27.2 Å². The molecule has 1 saturated heterocycles. The van der Waals surface area contributed by atoms with Crippen LogP contribution in [-0.4, -0.2) is 31.6 Å². The fourth-order valence-electron chi connectivity index (χ4n) is 2.48. The molecular formula is C12H15BrFNO3S. The summed E-state index contributed by atoms with van der Waals surface area (Å²) in [6, 6.07) is 4.21. The molecule has 0 aromatic heterocycles. The summed E-state index contributed by atoms with van der Waals surface area (Å²) in [5, 5.41) is 10.4. The smallest absolute Gasteiger partial charge is 0.151 e. The van der Waals surface area contributed by atoms with Crippen molar-refractivity contribution in [2.45, 2.75) is 12.5 Å². The van der Waals surface area contributed by atoms with Crippen LogP contribution in [0.4, 0.5) is 4.39 Å². The van der Waals surface area contributed by atoms with Gasteiger partial charge < -0.3 is 10.8 Å². The third kappa shape index (κ3) is 2.84. The Morgan fingerprint density at radius 3 is 2.74 bits per heavy atom. The minimum absolute atomic E-state index is 0.000645. The Morgan fingerprint density at radius 2 is 2.21 bits per heavy atom. The van der Waals surface area contributed by atoms with Gasteiger partial charge >= 0.3 is 0 Å². The predicted molar refractivity (Wildman–Crippen MR) is 73.8 cm³/mol. The van der Waals surface area contributed by atoms with Gasteiger partial charge in [0.05, 0.1) is 17.6 Å². The lowest BCUT2D eigenvalue weighted by Crippen LogP contribution is -2.38. The molecule has 2 rings (SSSR count). The van der Waals surface area contributed by atoms with Gasteiger partial charge in [-0.15, -0.1) is 0 Å². The maximum Gasteiger partial charge on any atom is 0.151 e. The summed E-state index contributed by atoms with van der Waals surface area (Å²) in [7, 11) is -3.22. The Hall–Kier alpha value is -0.500. The minimum atomic E-state index is -3.22. The Labute approximate surface area is 119 Å². The van der Waals surface area contributed by atoms with Crippen molar-refractivity contribution in [1.29, 1.82) is 0 Å². The van der Waals surface area contributed by atoms with Crippen LogP contribution >= 0.6 is 15.9 Å². The van der Waals surface area contributed by atoms with E-state index in [1.54, 1.807) is 0 Å². The predicted octanol–water partition coefficient (Wildman–Crippen LogP) is 1.39. The van der Waals surface area contributed by atoms with Crippen molar-refractivity contribution in [1.82, 2.24) is 0 Å². The molecule has 1 aliphatic heterocycles. The second-order valence-corrected chi connectivity index (χ2v) is 8.08. The Balaban J connectivity index is 2.42. The summed E-state index contributed by atoms with van der Waals surface area (Å²) in [5.74, 6) is -0.784. The summed E-state index contributed by atoms with van der Waals surface area (Å²) < 4.78 is 37.7. The van der Waals surface area contributed by atoms with Crippen LogP contribution in [-0.2, 0) is 9.84 Å². The molecule has 0 saturated carbocycles. The first-order valence-electron chi connectivity index (χ1n) is 5.83. The SMILES string of the molecule is NCC1(C(O)c2cc(Br)ccc2F)CCS(=O)(=O)C1. The first-order chi connectivity index (χ1) is 8.80. The summed E-state index contributed by atoms with van der Waals surface area (Å²) in [6.45, 7) is -0.000645. The van der Waals surface area contributed by atoms with Crippen molar-refractivity contribution in [3.63, 3.8) is 0 Å². The molecule has 3 N–H and O–H groups in total. The van der Waals surface area contributed by atoms with E-state index >= 15 is 0 Å². The number of benzene rings is 1. The van der Waals surface area contributed by atoms with Gasteiger partial charge in [-0.3, -0.25) is 0 Å². The Kier molecular flexibility index (Phi) is 4.02. The van der Waals surface area contributed by atoms with Crippen LogP contribution in [0.5, 0.6) is 0 Å². The van der Waals surface area contributed by atoms with Gasteiger partial charge in [-0.05, 0) is 24.6 Å². The molecule has 0 bridgehead atoms. The van der Waals surface area contributed by atoms with Crippen molar-refractivity contribution < 1.29 is 17.9 Å². The maximum absolute atomic E-state index is 13.8. The molecule has 7 heteroatoms. The molecule has 0 radical (unpaired) electrons. The van der Waals surface area contributed by atoms with Crippen LogP contribution in [0.1, 0.15) is 18.1 Å². The second kappa shape index (κ2) is 5.12. The van der Waals surface area contributed by atoms with Crippen LogP contribution in [0.25, 0.3) is 0 Å². The van der Waals surface area contributed by atoms with E-state index in [9.17, 15) is 17.9 Å². The van der Waals surface area contributed by atoms with Crippen molar-refractivity contribution in [2.75, 3.05) is 18.1 Å². The van der Waals surface area contributed by atoms with Gasteiger partial charge in [-0.1, -0.05) is 15.9 Å². The first kappa shape index (κ1) is 14.9. The number of nitrogens with two attached hydrogens (primary N) is 1. The van der Waals surface area contributed by atoms with Gasteiger partial charge in [-0.2, -0.15) is 0 Å². The molecular weight excluding hydrogens is 337 g/mol. The van der Waals surface area contributed by atoms with Gasteiger partial charge in [0, 0.05) is 22.0 Å². The standard InChI is InChI=1S/C12H15BrFNO3S/c13-8-1-2-10(14)9(5-8)11(16)12(6-15)3-4-19(17,18)7-12/h1-2,5,11,16H,3-4,6-7,15H2. The van der Waals surface area contributed by atoms with Crippen LogP contribution in [0, 0.1) is 11.2 Å². The molecule has 0 aliphatic carbocycles. The largest absolute Gasteiger partial charge is 0.388 e. The molecule has 2 atom stereocenters. The maximum atomic E-state index is 13.8. The van der Waals surface area contributed by atoms with Crippen molar-refractivity contribution in [3.05, 3.63) is 34.1 Å². The molecule has 1 aromatic rings. The topological polar surface area (TPSA) is 80.4 Å². The highest BCUT2D eigenvalue weighted by Gasteiger charge is 2.47. The molecule has 2 unspecified atom stereocenters. The van der Waals surface area contributed by atoms with E-state index in [1.165, 1.54) is 18.2 Å². The number of hydrogen-bond acceptors (Lipinski definition) is 4. The van der Waals surface area contributed by atoms with Gasteiger partial charge in [0.25, 0.3) is 0 Å². The monoisotopic (exact) mass is 351 g/mol. The Bertz CT molecular complexity index is 593. The van der Waals surface area contributed by atoms with Crippen LogP contribution < -0.4 is 5.73 Å². The number of hydrogen-bond donors (Lipinski definition) is 2. The van der Waals surface area contributed by atoms with Crippen molar-refractivity contribution >= 4 is 25.8 Å². The fourth-order valence-corrected chi connectivity index (χ4v) is 5.02. The van der Waals surface area contributed by atoms with E-state index in [4.69, 9.17) is 5.73 Å².